The molecule has 13 heteroatoms. The summed E-state index contributed by atoms with van der Waals surface area (Å²) in [6, 6.07) is 17.1. The van der Waals surface area contributed by atoms with Crippen molar-refractivity contribution in [2.45, 2.75) is 0 Å². The molecule has 0 aliphatic carbocycles. The number of carbonyl (C=O) groups excluding carboxylic acids is 3. The molecule has 0 saturated heterocycles. The number of ketones is 1. The van der Waals surface area contributed by atoms with Crippen LogP contribution in [-0.2, 0) is 14.4 Å². The number of nitro benzene ring substituents is 2. The average Bonchev–Trinajstić information content (AvgIpc) is 3.21. The van der Waals surface area contributed by atoms with Gasteiger partial charge in [0.25, 0.3) is 17.5 Å². The van der Waals surface area contributed by atoms with E-state index >= 15 is 0 Å². The summed E-state index contributed by atoms with van der Waals surface area (Å²) in [4.78, 5) is 60.3. The van der Waals surface area contributed by atoms with Gasteiger partial charge in [0.2, 0.25) is 5.78 Å². The molecule has 4 rings (SSSR count). The van der Waals surface area contributed by atoms with Gasteiger partial charge in [-0.2, -0.15) is 10.1 Å². The zero-order valence-corrected chi connectivity index (χ0v) is 19.6. The molecule has 1 N–H and O–H groups in total. The summed E-state index contributed by atoms with van der Waals surface area (Å²) < 4.78 is 0.747. The van der Waals surface area contributed by atoms with Gasteiger partial charge in [0.05, 0.1) is 21.6 Å². The first kappa shape index (κ1) is 24.3. The number of Topliss-reactive ketones (excluding diaryl/α,β-unsaturated/α-hetero) is 1. The van der Waals surface area contributed by atoms with E-state index in [0.717, 1.165) is 16.6 Å². The zero-order chi connectivity index (χ0) is 26.0. The quantitative estimate of drug-likeness (QED) is 0.201. The Balaban J connectivity index is 1.75. The lowest BCUT2D eigenvalue weighted by atomic mass is 9.92. The number of nitrogens with one attached hydrogen (secondary N) is 1. The molecule has 1 aliphatic rings. The number of halogens is 1. The van der Waals surface area contributed by atoms with Crippen molar-refractivity contribution in [2.24, 2.45) is 11.0 Å². The summed E-state index contributed by atoms with van der Waals surface area (Å²) in [7, 11) is 0. The van der Waals surface area contributed by atoms with Gasteiger partial charge >= 0.3 is 5.69 Å². The monoisotopic (exact) mass is 551 g/mol. The molecule has 0 fully saturated rings. The highest BCUT2D eigenvalue weighted by molar-refractivity contribution is 9.10. The van der Waals surface area contributed by atoms with Gasteiger partial charge in [-0.15, -0.1) is 0 Å². The number of nitrogens with zero attached hydrogens (tertiary/aromatic N) is 4. The molecule has 1 atom stereocenters. The molecular formula is C23H14BrN5O7. The molecule has 0 aromatic heterocycles. The Bertz CT molecular complexity index is 1440. The number of non-ortho nitro benzene ring substituents is 1. The molecule has 0 unspecified atom stereocenters. The van der Waals surface area contributed by atoms with Gasteiger partial charge in [0.15, 0.2) is 5.92 Å². The van der Waals surface area contributed by atoms with Crippen LogP contribution in [0.25, 0.3) is 0 Å². The van der Waals surface area contributed by atoms with Crippen LogP contribution in [0.1, 0.15) is 5.56 Å². The lowest BCUT2D eigenvalue weighted by Gasteiger charge is -2.14. The fraction of sp³-hybridized carbons (Fsp3) is 0.0435. The van der Waals surface area contributed by atoms with Gasteiger partial charge in [-0.25, -0.2) is 0 Å². The standard InChI is InChI=1S/C23H14BrN5O7/c24-14-6-8-15(9-7-14)25-22(31)21(30)19-20(13-4-2-1-3-5-13)26-27(23(19)32)17-11-10-16(28(33)34)12-18(17)29(35)36/h1-12,19H,(H,25,31)/t19-/m0/s1. The van der Waals surface area contributed by atoms with Crippen molar-refractivity contribution in [3.8, 4) is 0 Å². The third-order valence-electron chi connectivity index (χ3n) is 5.19. The molecule has 1 aliphatic heterocycles. The third kappa shape index (κ3) is 4.72. The van der Waals surface area contributed by atoms with E-state index in [1.165, 1.54) is 0 Å². The Hall–Kier alpha value is -4.78. The minimum atomic E-state index is -1.70. The number of anilines is 2. The van der Waals surface area contributed by atoms with Crippen molar-refractivity contribution >= 4 is 62.0 Å². The second kappa shape index (κ2) is 9.84. The van der Waals surface area contributed by atoms with E-state index in [1.807, 2.05) is 0 Å². The van der Waals surface area contributed by atoms with Crippen LogP contribution < -0.4 is 10.3 Å². The fourth-order valence-electron chi connectivity index (χ4n) is 3.50. The minimum absolute atomic E-state index is 0.0933. The Kier molecular flexibility index (Phi) is 6.65. The molecule has 1 heterocycles. The van der Waals surface area contributed by atoms with E-state index in [4.69, 9.17) is 0 Å². The molecule has 3 aromatic rings. The van der Waals surface area contributed by atoms with E-state index in [9.17, 15) is 34.6 Å². The Morgan fingerprint density at radius 2 is 1.61 bits per heavy atom. The first-order valence-electron chi connectivity index (χ1n) is 10.2. The molecule has 3 aromatic carbocycles. The topological polar surface area (TPSA) is 165 Å². The van der Waals surface area contributed by atoms with Gasteiger partial charge < -0.3 is 5.32 Å². The summed E-state index contributed by atoms with van der Waals surface area (Å²) in [5.74, 6) is -4.92. The van der Waals surface area contributed by atoms with Crippen molar-refractivity contribution < 1.29 is 24.2 Å². The van der Waals surface area contributed by atoms with E-state index in [-0.39, 0.29) is 11.4 Å². The highest BCUT2D eigenvalue weighted by Crippen LogP contribution is 2.36. The van der Waals surface area contributed by atoms with Crippen molar-refractivity contribution in [3.63, 3.8) is 0 Å². The molecular weight excluding hydrogens is 538 g/mol. The van der Waals surface area contributed by atoms with E-state index in [0.29, 0.717) is 22.3 Å². The summed E-state index contributed by atoms with van der Waals surface area (Å²) in [5, 5.41) is 29.9. The van der Waals surface area contributed by atoms with E-state index in [1.54, 1.807) is 54.6 Å². The number of amides is 2. The third-order valence-corrected chi connectivity index (χ3v) is 5.72. The van der Waals surface area contributed by atoms with Crippen LogP contribution in [0.5, 0.6) is 0 Å². The number of hydrogen-bond donors (Lipinski definition) is 1. The molecule has 12 nitrogen and oxygen atoms in total. The number of hydrogen-bond acceptors (Lipinski definition) is 8. The average molecular weight is 552 g/mol. The van der Waals surface area contributed by atoms with Crippen LogP contribution in [0.15, 0.2) is 82.4 Å². The number of carbonyl (C=O) groups is 3. The Morgan fingerprint density at radius 1 is 0.944 bits per heavy atom. The molecule has 180 valence electrons. The van der Waals surface area contributed by atoms with Crippen LogP contribution in [0.4, 0.5) is 22.7 Å². The van der Waals surface area contributed by atoms with Gasteiger partial charge in [-0.3, -0.25) is 34.6 Å². The van der Waals surface area contributed by atoms with Gasteiger partial charge in [-0.05, 0) is 35.9 Å². The van der Waals surface area contributed by atoms with Crippen molar-refractivity contribution in [1.29, 1.82) is 0 Å². The molecule has 0 radical (unpaired) electrons. The highest BCUT2D eigenvalue weighted by atomic mass is 79.9. The zero-order valence-electron chi connectivity index (χ0n) is 18.0. The van der Waals surface area contributed by atoms with Crippen molar-refractivity contribution in [1.82, 2.24) is 0 Å². The van der Waals surface area contributed by atoms with Crippen LogP contribution in [0.3, 0.4) is 0 Å². The maximum atomic E-state index is 13.4. The maximum absolute atomic E-state index is 13.4. The minimum Gasteiger partial charge on any atom is -0.319 e. The fourth-order valence-corrected chi connectivity index (χ4v) is 3.77. The van der Waals surface area contributed by atoms with E-state index < -0.39 is 44.7 Å². The predicted molar refractivity (Wildman–Crippen MR) is 131 cm³/mol. The highest BCUT2D eigenvalue weighted by Gasteiger charge is 2.46. The van der Waals surface area contributed by atoms with Crippen LogP contribution >= 0.6 is 15.9 Å². The number of benzene rings is 3. The molecule has 0 saturated carbocycles. The van der Waals surface area contributed by atoms with Gasteiger partial charge in [0, 0.05) is 16.2 Å². The summed E-state index contributed by atoms with van der Waals surface area (Å²) in [6.45, 7) is 0. The van der Waals surface area contributed by atoms with Crippen LogP contribution in [-0.4, -0.2) is 33.2 Å². The normalized spacial score (nSPS) is 14.8. The molecule has 0 bridgehead atoms. The van der Waals surface area contributed by atoms with Crippen molar-refractivity contribution in [2.75, 3.05) is 10.3 Å². The summed E-state index contributed by atoms with van der Waals surface area (Å²) in [6.07, 6.45) is 0. The van der Waals surface area contributed by atoms with Gasteiger partial charge in [-0.1, -0.05) is 46.3 Å². The molecule has 2 amide bonds. The van der Waals surface area contributed by atoms with Crippen LogP contribution in [0.2, 0.25) is 0 Å². The largest absolute Gasteiger partial charge is 0.319 e. The lowest BCUT2D eigenvalue weighted by molar-refractivity contribution is -0.393. The Labute approximate surface area is 210 Å². The SMILES string of the molecule is O=C(Nc1ccc(Br)cc1)C(=O)[C@H]1C(=O)N(c2ccc([N+](=O)[O-])cc2[N+](=O)[O-])N=C1c1ccccc1. The second-order valence-electron chi connectivity index (χ2n) is 7.45. The predicted octanol–water partition coefficient (Wildman–Crippen LogP) is 3.84. The van der Waals surface area contributed by atoms with Crippen LogP contribution in [0, 0.1) is 26.1 Å². The smallest absolute Gasteiger partial charge is 0.301 e. The number of nitro groups is 2. The number of rotatable bonds is 7. The maximum Gasteiger partial charge on any atom is 0.301 e. The molecule has 0 spiro atoms. The first-order valence-corrected chi connectivity index (χ1v) is 11.0. The number of hydrazone groups is 1. The summed E-state index contributed by atoms with van der Waals surface area (Å²) >= 11 is 3.26. The molecule has 36 heavy (non-hydrogen) atoms. The second-order valence-corrected chi connectivity index (χ2v) is 8.36. The summed E-state index contributed by atoms with van der Waals surface area (Å²) in [5.41, 5.74) is -1.15. The van der Waals surface area contributed by atoms with E-state index in [2.05, 4.69) is 26.3 Å². The lowest BCUT2D eigenvalue weighted by Crippen LogP contribution is -2.39. The Morgan fingerprint density at radius 3 is 2.22 bits per heavy atom. The first-order chi connectivity index (χ1) is 17.2. The van der Waals surface area contributed by atoms with Gasteiger partial charge in [0.1, 0.15) is 5.69 Å². The van der Waals surface area contributed by atoms with Crippen molar-refractivity contribution in [3.05, 3.63) is 103 Å².